The maximum absolute atomic E-state index is 12.3. The zero-order valence-corrected chi connectivity index (χ0v) is 15.5. The van der Waals surface area contributed by atoms with Gasteiger partial charge in [0.2, 0.25) is 15.9 Å². The molecule has 0 aliphatic carbocycles. The first kappa shape index (κ1) is 21.6. The number of nitrogens with one attached hydrogen (secondary N) is 1. The number of ether oxygens (including phenoxy) is 1. The van der Waals surface area contributed by atoms with E-state index in [0.29, 0.717) is 19.3 Å². The second-order valence-electron chi connectivity index (χ2n) is 6.07. The van der Waals surface area contributed by atoms with Gasteiger partial charge in [0.15, 0.2) is 6.04 Å². The second-order valence-corrected chi connectivity index (χ2v) is 8.16. The Morgan fingerprint density at radius 1 is 1.40 bits per heavy atom. The third-order valence-corrected chi connectivity index (χ3v) is 6.07. The fourth-order valence-electron chi connectivity index (χ4n) is 2.59. The fraction of sp³-hybridized carbons (Fsp3) is 0.750. The van der Waals surface area contributed by atoms with Gasteiger partial charge in [-0.1, -0.05) is 19.4 Å². The summed E-state index contributed by atoms with van der Waals surface area (Å²) in [6.45, 7) is 6.04. The van der Waals surface area contributed by atoms with E-state index in [-0.39, 0.29) is 43.9 Å². The Bertz CT molecular complexity index is 555. The zero-order chi connectivity index (χ0) is 18.9. The number of carbonyl (C=O) groups is 2. The average Bonchev–Trinajstić information content (AvgIpc) is 2.59. The second kappa shape index (κ2) is 10.5. The molecule has 0 aromatic carbocycles. The van der Waals surface area contributed by atoms with Gasteiger partial charge in [0, 0.05) is 19.0 Å². The van der Waals surface area contributed by atoms with Crippen LogP contribution in [-0.2, 0) is 24.3 Å². The molecule has 1 aliphatic rings. The van der Waals surface area contributed by atoms with Crippen LogP contribution in [0.2, 0.25) is 0 Å². The Labute approximate surface area is 149 Å². The van der Waals surface area contributed by atoms with Crippen LogP contribution in [0.4, 0.5) is 0 Å². The Hall–Kier alpha value is -1.45. The van der Waals surface area contributed by atoms with Crippen molar-refractivity contribution in [2.75, 3.05) is 32.1 Å². The van der Waals surface area contributed by atoms with Crippen molar-refractivity contribution in [2.45, 2.75) is 38.6 Å². The molecule has 1 saturated heterocycles. The number of hydrogen-bond donors (Lipinski definition) is 2. The fourth-order valence-corrected chi connectivity index (χ4v) is 4.26. The van der Waals surface area contributed by atoms with E-state index in [0.717, 1.165) is 6.42 Å². The Kier molecular flexibility index (Phi) is 9.09. The van der Waals surface area contributed by atoms with Crippen molar-refractivity contribution in [3.63, 3.8) is 0 Å². The first-order valence-corrected chi connectivity index (χ1v) is 10.1. The predicted octanol–water partition coefficient (Wildman–Crippen LogP) is 0.600. The van der Waals surface area contributed by atoms with Crippen LogP contribution in [-0.4, -0.2) is 67.8 Å². The molecule has 1 fully saturated rings. The third kappa shape index (κ3) is 7.13. The quantitative estimate of drug-likeness (QED) is 0.403. The minimum atomic E-state index is -3.27. The molecule has 1 heterocycles. The van der Waals surface area contributed by atoms with Crippen molar-refractivity contribution in [1.82, 2.24) is 9.62 Å². The molecule has 25 heavy (non-hydrogen) atoms. The lowest BCUT2D eigenvalue weighted by molar-refractivity contribution is -0.144. The highest BCUT2D eigenvalue weighted by atomic mass is 32.2. The molecule has 1 atom stereocenters. The minimum Gasteiger partial charge on any atom is -0.480 e. The standard InChI is InChI=1S/C16H28N2O6S/c1-3-5-11-25(22,23)18-8-6-13(7-9-18)15(19)17-14(16(20)21)12-24-10-4-2/h4,13-14H,2-3,5-12H2,1H3,(H,17,19)(H,20,21). The van der Waals surface area contributed by atoms with Crippen molar-refractivity contribution in [2.24, 2.45) is 5.92 Å². The molecule has 0 radical (unpaired) electrons. The van der Waals surface area contributed by atoms with E-state index >= 15 is 0 Å². The van der Waals surface area contributed by atoms with Crippen LogP contribution in [0.3, 0.4) is 0 Å². The first-order chi connectivity index (χ1) is 11.8. The van der Waals surface area contributed by atoms with Crippen LogP contribution >= 0.6 is 0 Å². The van der Waals surface area contributed by atoms with Gasteiger partial charge in [-0.3, -0.25) is 4.79 Å². The number of nitrogens with zero attached hydrogens (tertiary/aromatic N) is 1. The number of aliphatic carboxylic acids is 1. The summed E-state index contributed by atoms with van der Waals surface area (Å²) in [5, 5.41) is 11.6. The van der Waals surface area contributed by atoms with Gasteiger partial charge >= 0.3 is 5.97 Å². The number of carboxylic acid groups (broad SMARTS) is 1. The minimum absolute atomic E-state index is 0.127. The van der Waals surface area contributed by atoms with Crippen LogP contribution < -0.4 is 5.32 Å². The third-order valence-electron chi connectivity index (χ3n) is 4.11. The summed E-state index contributed by atoms with van der Waals surface area (Å²) in [6, 6.07) is -1.13. The van der Waals surface area contributed by atoms with Gasteiger partial charge < -0.3 is 15.2 Å². The zero-order valence-electron chi connectivity index (χ0n) is 14.6. The maximum atomic E-state index is 12.3. The smallest absolute Gasteiger partial charge is 0.328 e. The van der Waals surface area contributed by atoms with E-state index in [4.69, 9.17) is 9.84 Å². The summed E-state index contributed by atoms with van der Waals surface area (Å²) in [7, 11) is -3.27. The van der Waals surface area contributed by atoms with Crippen molar-refractivity contribution in [3.8, 4) is 0 Å². The number of unbranched alkanes of at least 4 members (excludes halogenated alkanes) is 1. The molecule has 2 N–H and O–H groups in total. The predicted molar refractivity (Wildman–Crippen MR) is 93.6 cm³/mol. The van der Waals surface area contributed by atoms with E-state index in [1.807, 2.05) is 6.92 Å². The van der Waals surface area contributed by atoms with Crippen LogP contribution in [0.15, 0.2) is 12.7 Å². The number of sulfonamides is 1. The molecule has 0 spiro atoms. The molecule has 0 saturated carbocycles. The van der Waals surface area contributed by atoms with Crippen molar-refractivity contribution >= 4 is 21.9 Å². The lowest BCUT2D eigenvalue weighted by atomic mass is 9.97. The largest absolute Gasteiger partial charge is 0.480 e. The molecule has 1 aliphatic heterocycles. The number of carbonyl (C=O) groups excluding carboxylic acids is 1. The van der Waals surface area contributed by atoms with Crippen molar-refractivity contribution in [1.29, 1.82) is 0 Å². The Morgan fingerprint density at radius 3 is 2.56 bits per heavy atom. The summed E-state index contributed by atoms with van der Waals surface area (Å²) in [5.41, 5.74) is 0. The van der Waals surface area contributed by atoms with Gasteiger partial charge in [0.1, 0.15) is 0 Å². The maximum Gasteiger partial charge on any atom is 0.328 e. The monoisotopic (exact) mass is 376 g/mol. The number of carboxylic acids is 1. The summed E-state index contributed by atoms with van der Waals surface area (Å²) in [4.78, 5) is 23.4. The van der Waals surface area contributed by atoms with Crippen molar-refractivity contribution < 1.29 is 27.9 Å². The highest BCUT2D eigenvalue weighted by Gasteiger charge is 2.32. The van der Waals surface area contributed by atoms with E-state index in [1.54, 1.807) is 0 Å². The Morgan fingerprint density at radius 2 is 2.04 bits per heavy atom. The van der Waals surface area contributed by atoms with E-state index < -0.39 is 22.0 Å². The van der Waals surface area contributed by atoms with Crippen LogP contribution in [0.5, 0.6) is 0 Å². The van der Waals surface area contributed by atoms with E-state index in [1.165, 1.54) is 10.4 Å². The van der Waals surface area contributed by atoms with Gasteiger partial charge in [-0.05, 0) is 19.3 Å². The van der Waals surface area contributed by atoms with Crippen LogP contribution in [0, 0.1) is 5.92 Å². The van der Waals surface area contributed by atoms with Crippen LogP contribution in [0.1, 0.15) is 32.6 Å². The van der Waals surface area contributed by atoms with Crippen molar-refractivity contribution in [3.05, 3.63) is 12.7 Å². The number of piperidine rings is 1. The summed E-state index contributed by atoms with van der Waals surface area (Å²) < 4.78 is 30.8. The molecule has 144 valence electrons. The lowest BCUT2D eigenvalue weighted by Gasteiger charge is -2.31. The lowest BCUT2D eigenvalue weighted by Crippen LogP contribution is -2.49. The molecule has 0 aromatic rings. The number of hydrogen-bond acceptors (Lipinski definition) is 5. The summed E-state index contributed by atoms with van der Waals surface area (Å²) >= 11 is 0. The molecule has 0 bridgehead atoms. The molecule has 1 amide bonds. The van der Waals surface area contributed by atoms with Gasteiger partial charge in [-0.25, -0.2) is 17.5 Å². The van der Waals surface area contributed by atoms with E-state index in [9.17, 15) is 18.0 Å². The van der Waals surface area contributed by atoms with E-state index in [2.05, 4.69) is 11.9 Å². The molecule has 1 rings (SSSR count). The molecular formula is C16H28N2O6S. The highest BCUT2D eigenvalue weighted by Crippen LogP contribution is 2.20. The van der Waals surface area contributed by atoms with Crippen LogP contribution in [0.25, 0.3) is 0 Å². The molecular weight excluding hydrogens is 348 g/mol. The van der Waals surface area contributed by atoms with Gasteiger partial charge in [0.05, 0.1) is 19.0 Å². The molecule has 0 aromatic heterocycles. The average molecular weight is 376 g/mol. The normalized spacial score (nSPS) is 17.8. The SMILES string of the molecule is C=CCOCC(NC(=O)C1CCN(S(=O)(=O)CCCC)CC1)C(=O)O. The van der Waals surface area contributed by atoms with Gasteiger partial charge in [-0.15, -0.1) is 6.58 Å². The van der Waals surface area contributed by atoms with Gasteiger partial charge in [-0.2, -0.15) is 0 Å². The summed E-state index contributed by atoms with van der Waals surface area (Å²) in [5.74, 6) is -1.81. The highest BCUT2D eigenvalue weighted by molar-refractivity contribution is 7.89. The number of amides is 1. The molecule has 9 heteroatoms. The Balaban J connectivity index is 2.51. The summed E-state index contributed by atoms with van der Waals surface area (Å²) in [6.07, 6.45) is 3.69. The molecule has 8 nitrogen and oxygen atoms in total. The first-order valence-electron chi connectivity index (χ1n) is 8.51. The number of rotatable bonds is 11. The van der Waals surface area contributed by atoms with Gasteiger partial charge in [0.25, 0.3) is 0 Å². The topological polar surface area (TPSA) is 113 Å². The molecule has 1 unspecified atom stereocenters.